The highest BCUT2D eigenvalue weighted by Crippen LogP contribution is 2.33. The second kappa shape index (κ2) is 59.6. The number of hydrogen-bond donors (Lipinski definition) is 12. The third-order valence-electron chi connectivity index (χ3n) is 20.3. The molecule has 0 saturated carbocycles. The van der Waals surface area contributed by atoms with Gasteiger partial charge in [0.2, 0.25) is 5.91 Å². The van der Waals surface area contributed by atoms with Crippen LogP contribution in [0.2, 0.25) is 0 Å². The summed E-state index contributed by atoms with van der Waals surface area (Å²) in [5, 5.41) is 121. The summed E-state index contributed by atoms with van der Waals surface area (Å²) in [4.78, 5) is 13.4. The van der Waals surface area contributed by atoms with Gasteiger partial charge in [0.05, 0.1) is 38.6 Å². The standard InChI is InChI=1S/C78H147NO18/c1-3-5-7-9-11-13-15-17-19-20-21-22-23-24-25-26-27-28-29-30-31-32-33-34-35-36-37-38-39-40-41-42-44-46-48-50-52-54-56-66(84)79-61(62(83)55-53-51-49-47-45-43-18-16-14-12-10-8-6-4-2)60-92-76-72(90)69(87)74(64(58-81)94-76)97-78-73(91)70(88)75(65(59-82)95-78)96-77-71(89)68(86)67(85)63(57-80)93-77/h45,47,53,55,61-65,67-78,80-83,85-91H,3-44,46,48-52,54,56-60H2,1-2H3,(H,79,84)/b47-45+,55-53+. The molecule has 19 heteroatoms. The van der Waals surface area contributed by atoms with E-state index < -0.39 is 124 Å². The summed E-state index contributed by atoms with van der Waals surface area (Å²) in [7, 11) is 0. The maximum atomic E-state index is 13.4. The van der Waals surface area contributed by atoms with Crippen molar-refractivity contribution in [2.24, 2.45) is 0 Å². The summed E-state index contributed by atoms with van der Waals surface area (Å²) < 4.78 is 34.4. The van der Waals surface area contributed by atoms with Crippen LogP contribution in [-0.4, -0.2) is 193 Å². The molecule has 97 heavy (non-hydrogen) atoms. The molecule has 17 unspecified atom stereocenters. The molecule has 0 aromatic rings. The minimum atomic E-state index is -1.98. The number of carbonyl (C=O) groups is 1. The molecule has 3 rings (SSSR count). The summed E-state index contributed by atoms with van der Waals surface area (Å²) in [6.45, 7) is 1.74. The monoisotopic (exact) mass is 1390 g/mol. The quantitative estimate of drug-likeness (QED) is 0.0199. The van der Waals surface area contributed by atoms with E-state index in [9.17, 15) is 61.0 Å². The van der Waals surface area contributed by atoms with Crippen molar-refractivity contribution < 1.29 is 89.4 Å². The number of hydrogen-bond acceptors (Lipinski definition) is 18. The van der Waals surface area contributed by atoms with Crippen LogP contribution in [0.3, 0.4) is 0 Å². The van der Waals surface area contributed by atoms with Gasteiger partial charge < -0.3 is 89.9 Å². The average Bonchev–Trinajstić information content (AvgIpc) is 0.792. The van der Waals surface area contributed by atoms with Crippen LogP contribution in [0.5, 0.6) is 0 Å². The predicted molar refractivity (Wildman–Crippen MR) is 383 cm³/mol. The highest BCUT2D eigenvalue weighted by Gasteiger charge is 2.54. The number of unbranched alkanes of at least 4 members (excludes halogenated alkanes) is 46. The van der Waals surface area contributed by atoms with Crippen molar-refractivity contribution >= 4 is 5.91 Å². The molecule has 1 amide bonds. The first-order valence-corrected chi connectivity index (χ1v) is 40.1. The Bertz CT molecular complexity index is 1850. The van der Waals surface area contributed by atoms with Gasteiger partial charge in [-0.05, 0) is 32.1 Å². The fourth-order valence-electron chi connectivity index (χ4n) is 13.8. The highest BCUT2D eigenvalue weighted by atomic mass is 16.8. The Balaban J connectivity index is 1.29. The lowest BCUT2D eigenvalue weighted by Gasteiger charge is -2.48. The molecular formula is C78H147NO18. The summed E-state index contributed by atoms with van der Waals surface area (Å²) in [6, 6.07) is -0.987. The van der Waals surface area contributed by atoms with Crippen molar-refractivity contribution in [2.45, 2.75) is 439 Å². The van der Waals surface area contributed by atoms with Crippen LogP contribution >= 0.6 is 0 Å². The molecule has 17 atom stereocenters. The molecular weight excluding hydrogens is 1240 g/mol. The van der Waals surface area contributed by atoms with E-state index in [-0.39, 0.29) is 18.9 Å². The molecule has 0 aromatic carbocycles. The lowest BCUT2D eigenvalue weighted by atomic mass is 9.96. The van der Waals surface area contributed by atoms with E-state index in [1.165, 1.54) is 263 Å². The number of nitrogens with one attached hydrogen (secondary N) is 1. The van der Waals surface area contributed by atoms with Gasteiger partial charge in [0.15, 0.2) is 18.9 Å². The molecule has 12 N–H and O–H groups in total. The number of amides is 1. The van der Waals surface area contributed by atoms with Crippen LogP contribution in [0.25, 0.3) is 0 Å². The second-order valence-corrected chi connectivity index (χ2v) is 28.9. The van der Waals surface area contributed by atoms with Gasteiger partial charge in [-0.2, -0.15) is 0 Å². The first-order valence-electron chi connectivity index (χ1n) is 40.1. The molecule has 19 nitrogen and oxygen atoms in total. The summed E-state index contributed by atoms with van der Waals surface area (Å²) in [5.74, 6) is -0.279. The molecule has 3 aliphatic heterocycles. The first kappa shape index (κ1) is 89.5. The fraction of sp³-hybridized carbons (Fsp3) is 0.936. The lowest BCUT2D eigenvalue weighted by molar-refractivity contribution is -0.379. The van der Waals surface area contributed by atoms with Crippen molar-refractivity contribution in [3.63, 3.8) is 0 Å². The Morgan fingerprint density at radius 1 is 0.361 bits per heavy atom. The molecule has 3 fully saturated rings. The van der Waals surface area contributed by atoms with Crippen LogP contribution in [0.4, 0.5) is 0 Å². The molecule has 3 heterocycles. The van der Waals surface area contributed by atoms with Crippen molar-refractivity contribution in [1.29, 1.82) is 0 Å². The molecule has 0 spiro atoms. The van der Waals surface area contributed by atoms with Crippen molar-refractivity contribution in [2.75, 3.05) is 26.4 Å². The maximum absolute atomic E-state index is 13.4. The van der Waals surface area contributed by atoms with Gasteiger partial charge in [-0.25, -0.2) is 0 Å². The summed E-state index contributed by atoms with van der Waals surface area (Å²) >= 11 is 0. The second-order valence-electron chi connectivity index (χ2n) is 28.9. The summed E-state index contributed by atoms with van der Waals surface area (Å²) in [6.07, 6.45) is 45.0. The number of rotatable bonds is 64. The van der Waals surface area contributed by atoms with Gasteiger partial charge in [0, 0.05) is 6.42 Å². The molecule has 3 aliphatic rings. The third-order valence-corrected chi connectivity index (χ3v) is 20.3. The van der Waals surface area contributed by atoms with E-state index in [1.54, 1.807) is 6.08 Å². The average molecular weight is 1390 g/mol. The predicted octanol–water partition coefficient (Wildman–Crippen LogP) is 13.0. The van der Waals surface area contributed by atoms with E-state index >= 15 is 0 Å². The topological polar surface area (TPSA) is 307 Å². The Labute approximate surface area is 588 Å². The third kappa shape index (κ3) is 40.2. The van der Waals surface area contributed by atoms with Gasteiger partial charge in [0.1, 0.15) is 73.2 Å². The normalized spacial score (nSPS) is 27.0. The Hall–Kier alpha value is -1.73. The minimum absolute atomic E-state index is 0.241. The van der Waals surface area contributed by atoms with Crippen LogP contribution in [-0.2, 0) is 33.2 Å². The first-order chi connectivity index (χ1) is 47.3. The van der Waals surface area contributed by atoms with E-state index in [0.717, 1.165) is 38.5 Å². The molecule has 572 valence electrons. The van der Waals surface area contributed by atoms with E-state index in [0.29, 0.717) is 12.8 Å². The smallest absolute Gasteiger partial charge is 0.220 e. The van der Waals surface area contributed by atoms with Gasteiger partial charge >= 0.3 is 0 Å². The van der Waals surface area contributed by atoms with Crippen molar-refractivity contribution in [3.05, 3.63) is 24.3 Å². The molecule has 0 aromatic heterocycles. The number of allylic oxidation sites excluding steroid dienone is 3. The Morgan fingerprint density at radius 2 is 0.660 bits per heavy atom. The molecule has 0 aliphatic carbocycles. The Morgan fingerprint density at radius 3 is 1.03 bits per heavy atom. The van der Waals surface area contributed by atoms with Crippen LogP contribution in [0, 0.1) is 0 Å². The lowest BCUT2D eigenvalue weighted by Crippen LogP contribution is -2.66. The largest absolute Gasteiger partial charge is 0.394 e. The zero-order valence-corrected chi connectivity index (χ0v) is 61.1. The van der Waals surface area contributed by atoms with Crippen molar-refractivity contribution in [3.8, 4) is 0 Å². The van der Waals surface area contributed by atoms with Gasteiger partial charge in [0.25, 0.3) is 0 Å². The van der Waals surface area contributed by atoms with Crippen LogP contribution in [0.1, 0.15) is 335 Å². The highest BCUT2D eigenvalue weighted by molar-refractivity contribution is 5.76. The SMILES string of the molecule is CCCCCCCCCC/C=C/CC/C=C/C(O)C(COC1OC(CO)C(OC2OC(CO)C(OC3OC(CO)C(O)C(O)C3O)C(O)C2O)C(O)C1O)NC(=O)CCCCCCCCCCCCCCCCCCCCCCCCCCCCCCCCCCCCCCCC. The Kier molecular flexibility index (Phi) is 55.0. The number of aliphatic hydroxyl groups is 11. The maximum Gasteiger partial charge on any atom is 0.220 e. The minimum Gasteiger partial charge on any atom is -0.394 e. The molecule has 3 saturated heterocycles. The molecule has 0 radical (unpaired) electrons. The van der Waals surface area contributed by atoms with Crippen LogP contribution < -0.4 is 5.32 Å². The van der Waals surface area contributed by atoms with Crippen molar-refractivity contribution in [1.82, 2.24) is 5.32 Å². The number of aliphatic hydroxyl groups excluding tert-OH is 11. The van der Waals surface area contributed by atoms with Gasteiger partial charge in [-0.15, -0.1) is 0 Å². The number of ether oxygens (including phenoxy) is 6. The zero-order valence-electron chi connectivity index (χ0n) is 61.1. The van der Waals surface area contributed by atoms with Gasteiger partial charge in [-0.1, -0.05) is 321 Å². The van der Waals surface area contributed by atoms with E-state index in [1.807, 2.05) is 6.08 Å². The number of carbonyl (C=O) groups excluding carboxylic acids is 1. The van der Waals surface area contributed by atoms with E-state index in [2.05, 4.69) is 31.3 Å². The van der Waals surface area contributed by atoms with E-state index in [4.69, 9.17) is 28.4 Å². The van der Waals surface area contributed by atoms with Gasteiger partial charge in [-0.3, -0.25) is 4.79 Å². The summed E-state index contributed by atoms with van der Waals surface area (Å²) in [5.41, 5.74) is 0. The van der Waals surface area contributed by atoms with Crippen LogP contribution in [0.15, 0.2) is 24.3 Å². The zero-order chi connectivity index (χ0) is 70.4. The fourth-order valence-corrected chi connectivity index (χ4v) is 13.8. The molecule has 0 bridgehead atoms.